The van der Waals surface area contributed by atoms with E-state index in [2.05, 4.69) is 22.5 Å². The quantitative estimate of drug-likeness (QED) is 0.483. The molecule has 3 saturated heterocycles. The summed E-state index contributed by atoms with van der Waals surface area (Å²) in [4.78, 5) is 46.1. The molecule has 2 bridgehead atoms. The largest absolute Gasteiger partial charge is 0.497 e. The van der Waals surface area contributed by atoms with Crippen LogP contribution >= 0.6 is 0 Å². The van der Waals surface area contributed by atoms with E-state index in [9.17, 15) is 14.4 Å². The van der Waals surface area contributed by atoms with Crippen molar-refractivity contribution in [3.8, 4) is 5.75 Å². The van der Waals surface area contributed by atoms with Crippen LogP contribution in [0, 0.1) is 17.8 Å². The van der Waals surface area contributed by atoms with Gasteiger partial charge in [0, 0.05) is 30.9 Å². The van der Waals surface area contributed by atoms with Crippen LogP contribution in [0.25, 0.3) is 0 Å². The van der Waals surface area contributed by atoms with E-state index >= 15 is 0 Å². The third kappa shape index (κ3) is 4.81. The molecule has 1 spiro atoms. The SMILES string of the molecule is COc1cccc(NC(=O)[C@H]2[C@H]3C=C[C@@]4(O3)[C@H]2C(=O)N(CCN2CCCCC2)[C@@H]4C(=O)N[C@H]2CCCC[C@H]2C)c1. The Labute approximate surface area is 236 Å². The fourth-order valence-electron chi connectivity index (χ4n) is 7.66. The van der Waals surface area contributed by atoms with E-state index in [-0.39, 0.29) is 23.8 Å². The molecule has 4 fully saturated rings. The van der Waals surface area contributed by atoms with Crippen LogP contribution in [0.3, 0.4) is 0 Å². The summed E-state index contributed by atoms with van der Waals surface area (Å²) < 4.78 is 11.8. The summed E-state index contributed by atoms with van der Waals surface area (Å²) in [6.07, 6.45) is 11.1. The number of likely N-dealkylation sites (tertiary alicyclic amines) is 2. The minimum atomic E-state index is -1.14. The number of nitrogens with zero attached hydrogens (tertiary/aromatic N) is 2. The minimum absolute atomic E-state index is 0.0884. The molecular formula is C31H42N4O5. The van der Waals surface area contributed by atoms with Crippen molar-refractivity contribution in [3.05, 3.63) is 36.4 Å². The molecule has 0 aromatic heterocycles. The molecule has 4 aliphatic heterocycles. The normalized spacial score (nSPS) is 35.0. The van der Waals surface area contributed by atoms with Gasteiger partial charge in [0.15, 0.2) is 0 Å². The Morgan fingerprint density at radius 2 is 1.88 bits per heavy atom. The third-order valence-corrected chi connectivity index (χ3v) is 9.81. The topological polar surface area (TPSA) is 100 Å². The Hall–Kier alpha value is -2.91. The Balaban J connectivity index is 1.27. The molecule has 1 aromatic carbocycles. The maximum absolute atomic E-state index is 14.2. The second-order valence-electron chi connectivity index (χ2n) is 12.2. The minimum Gasteiger partial charge on any atom is -0.497 e. The van der Waals surface area contributed by atoms with Crippen LogP contribution in [0.5, 0.6) is 5.75 Å². The zero-order valence-electron chi connectivity index (χ0n) is 23.6. The number of hydrogen-bond acceptors (Lipinski definition) is 6. The number of rotatable bonds is 8. The average molecular weight is 551 g/mol. The number of methoxy groups -OCH3 is 1. The number of hydrogen-bond donors (Lipinski definition) is 2. The number of anilines is 1. The van der Waals surface area contributed by atoms with Gasteiger partial charge >= 0.3 is 0 Å². The molecule has 9 heteroatoms. The molecule has 9 nitrogen and oxygen atoms in total. The van der Waals surface area contributed by atoms with Gasteiger partial charge in [-0.15, -0.1) is 0 Å². The number of fused-ring (bicyclic) bond motifs is 1. The molecular weight excluding hydrogens is 508 g/mol. The van der Waals surface area contributed by atoms with Gasteiger partial charge in [-0.3, -0.25) is 14.4 Å². The highest BCUT2D eigenvalue weighted by atomic mass is 16.5. The molecule has 1 aromatic rings. The molecule has 216 valence electrons. The number of amides is 3. The van der Waals surface area contributed by atoms with Gasteiger partial charge in [-0.2, -0.15) is 0 Å². The first-order valence-corrected chi connectivity index (χ1v) is 15.1. The highest BCUT2D eigenvalue weighted by molar-refractivity contribution is 6.02. The van der Waals surface area contributed by atoms with Crippen LogP contribution in [0.2, 0.25) is 0 Å². The van der Waals surface area contributed by atoms with Crippen molar-refractivity contribution in [2.45, 2.75) is 75.7 Å². The number of benzene rings is 1. The van der Waals surface area contributed by atoms with Gasteiger partial charge in [0.05, 0.1) is 25.0 Å². The lowest BCUT2D eigenvalue weighted by Gasteiger charge is -2.36. The highest BCUT2D eigenvalue weighted by Gasteiger charge is 2.72. The lowest BCUT2D eigenvalue weighted by atomic mass is 9.74. The number of nitrogens with one attached hydrogen (secondary N) is 2. The van der Waals surface area contributed by atoms with Crippen LogP contribution < -0.4 is 15.4 Å². The maximum atomic E-state index is 14.2. The molecule has 0 radical (unpaired) electrons. The molecule has 6 rings (SSSR count). The summed E-state index contributed by atoms with van der Waals surface area (Å²) in [6, 6.07) is 6.46. The average Bonchev–Trinajstić information content (AvgIpc) is 3.61. The number of ether oxygens (including phenoxy) is 2. The van der Waals surface area contributed by atoms with E-state index in [0.717, 1.165) is 45.2 Å². The van der Waals surface area contributed by atoms with Gasteiger partial charge in [0.25, 0.3) is 0 Å². The van der Waals surface area contributed by atoms with Crippen molar-refractivity contribution < 1.29 is 23.9 Å². The van der Waals surface area contributed by atoms with E-state index in [1.165, 1.54) is 12.8 Å². The summed E-state index contributed by atoms with van der Waals surface area (Å²) in [7, 11) is 1.58. The Morgan fingerprint density at radius 3 is 2.65 bits per heavy atom. The first-order valence-electron chi connectivity index (χ1n) is 15.1. The monoisotopic (exact) mass is 550 g/mol. The summed E-state index contributed by atoms with van der Waals surface area (Å²) in [6.45, 7) is 5.37. The van der Waals surface area contributed by atoms with Crippen molar-refractivity contribution >= 4 is 23.4 Å². The molecule has 1 saturated carbocycles. The maximum Gasteiger partial charge on any atom is 0.246 e. The second kappa shape index (κ2) is 11.2. The van der Waals surface area contributed by atoms with Crippen molar-refractivity contribution in [1.29, 1.82) is 0 Å². The Kier molecular flexibility index (Phi) is 7.61. The number of piperidine rings is 1. The molecule has 5 aliphatic rings. The zero-order chi connectivity index (χ0) is 27.9. The predicted octanol–water partition coefficient (Wildman–Crippen LogP) is 2.97. The number of carbonyl (C=O) groups excluding carboxylic acids is 3. The van der Waals surface area contributed by atoms with Crippen LogP contribution in [0.4, 0.5) is 5.69 Å². The van der Waals surface area contributed by atoms with E-state index in [0.29, 0.717) is 30.4 Å². The van der Waals surface area contributed by atoms with E-state index < -0.39 is 29.6 Å². The summed E-state index contributed by atoms with van der Waals surface area (Å²) in [5.74, 6) is -1.03. The van der Waals surface area contributed by atoms with Crippen LogP contribution in [0.1, 0.15) is 51.9 Å². The van der Waals surface area contributed by atoms with Gasteiger partial charge in [-0.1, -0.05) is 44.4 Å². The smallest absolute Gasteiger partial charge is 0.246 e. The van der Waals surface area contributed by atoms with Crippen molar-refractivity contribution in [2.24, 2.45) is 17.8 Å². The molecule has 2 N–H and O–H groups in total. The summed E-state index contributed by atoms with van der Waals surface area (Å²) >= 11 is 0. The fourth-order valence-corrected chi connectivity index (χ4v) is 7.66. The van der Waals surface area contributed by atoms with Crippen LogP contribution in [-0.2, 0) is 19.1 Å². The molecule has 1 aliphatic carbocycles. The fraction of sp³-hybridized carbons (Fsp3) is 0.645. The van der Waals surface area contributed by atoms with Gasteiger partial charge in [-0.05, 0) is 56.8 Å². The molecule has 40 heavy (non-hydrogen) atoms. The highest BCUT2D eigenvalue weighted by Crippen LogP contribution is 2.55. The molecule has 3 amide bonds. The lowest BCUT2D eigenvalue weighted by molar-refractivity contribution is -0.141. The van der Waals surface area contributed by atoms with Crippen molar-refractivity contribution in [2.75, 3.05) is 38.6 Å². The predicted molar refractivity (Wildman–Crippen MR) is 151 cm³/mol. The molecule has 4 heterocycles. The zero-order valence-corrected chi connectivity index (χ0v) is 23.6. The lowest BCUT2D eigenvalue weighted by Crippen LogP contribution is -2.58. The Morgan fingerprint density at radius 1 is 1.07 bits per heavy atom. The van der Waals surface area contributed by atoms with Gasteiger partial charge in [0.2, 0.25) is 17.7 Å². The third-order valence-electron chi connectivity index (χ3n) is 9.81. The number of carbonyl (C=O) groups is 3. The molecule has 7 atom stereocenters. The summed E-state index contributed by atoms with van der Waals surface area (Å²) in [5, 5.41) is 6.29. The van der Waals surface area contributed by atoms with Gasteiger partial charge in [0.1, 0.15) is 17.4 Å². The molecule has 0 unspecified atom stereocenters. The second-order valence-corrected chi connectivity index (χ2v) is 12.2. The Bertz CT molecular complexity index is 1170. The summed E-state index contributed by atoms with van der Waals surface area (Å²) in [5.41, 5.74) is -0.541. The first kappa shape index (κ1) is 27.3. The van der Waals surface area contributed by atoms with Crippen LogP contribution in [0.15, 0.2) is 36.4 Å². The van der Waals surface area contributed by atoms with Crippen molar-refractivity contribution in [1.82, 2.24) is 15.1 Å². The van der Waals surface area contributed by atoms with Crippen LogP contribution in [-0.4, -0.2) is 84.6 Å². The van der Waals surface area contributed by atoms with E-state index in [4.69, 9.17) is 9.47 Å². The van der Waals surface area contributed by atoms with E-state index in [1.807, 2.05) is 24.3 Å². The van der Waals surface area contributed by atoms with Crippen molar-refractivity contribution in [3.63, 3.8) is 0 Å². The standard InChI is InChI=1S/C31H42N4O5/c1-20-9-4-5-12-23(20)33-29(37)27-31-14-13-24(40-31)25(28(36)32-21-10-8-11-22(19-21)39-2)26(31)30(38)35(27)18-17-34-15-6-3-7-16-34/h8,10-11,13-14,19-20,23-27H,3-7,9,12,15-18H2,1-2H3,(H,32,36)(H,33,37)/t20-,23+,24-,25+,26-,27-,31-/m1/s1. The first-order chi connectivity index (χ1) is 19.4. The van der Waals surface area contributed by atoms with E-state index in [1.54, 1.807) is 24.1 Å². The van der Waals surface area contributed by atoms with Gasteiger partial charge in [-0.25, -0.2) is 0 Å². The van der Waals surface area contributed by atoms with Gasteiger partial charge < -0.3 is 29.9 Å².